The molecule has 0 saturated carbocycles. The molecule has 21 heavy (non-hydrogen) atoms. The molecule has 1 unspecified atom stereocenters. The number of halogens is 1. The number of Topliss-reactive ketones (excluding diaryl/α,β-unsaturated/α-hetero) is 1. The van der Waals surface area contributed by atoms with Gasteiger partial charge in [-0.25, -0.2) is 0 Å². The summed E-state index contributed by atoms with van der Waals surface area (Å²) in [6.07, 6.45) is 2.61. The van der Waals surface area contributed by atoms with E-state index in [9.17, 15) is 14.7 Å². The number of fused-ring (bicyclic) bond motifs is 1. The van der Waals surface area contributed by atoms with Gasteiger partial charge >= 0.3 is 0 Å². The Kier molecular flexibility index (Phi) is 3.23. The Balaban J connectivity index is 1.97. The SMILES string of the molecule is O=C(CC1(O)C(=O)Nc2ccc(Cl)cc21)c1ccncc1. The van der Waals surface area contributed by atoms with Crippen LogP contribution in [0.2, 0.25) is 5.02 Å². The van der Waals surface area contributed by atoms with Crippen molar-refractivity contribution < 1.29 is 14.7 Å². The Morgan fingerprint density at radius 3 is 2.71 bits per heavy atom. The quantitative estimate of drug-likeness (QED) is 0.851. The predicted octanol–water partition coefficient (Wildman–Crippen LogP) is 2.15. The smallest absolute Gasteiger partial charge is 0.261 e. The van der Waals surface area contributed by atoms with E-state index in [1.807, 2.05) is 0 Å². The zero-order valence-electron chi connectivity index (χ0n) is 10.8. The average Bonchev–Trinajstić information content (AvgIpc) is 2.72. The van der Waals surface area contributed by atoms with Gasteiger partial charge in [0.15, 0.2) is 11.4 Å². The number of aromatic nitrogens is 1. The number of nitrogens with zero attached hydrogens (tertiary/aromatic N) is 1. The van der Waals surface area contributed by atoms with Crippen LogP contribution in [0.4, 0.5) is 5.69 Å². The molecular weight excluding hydrogens is 292 g/mol. The van der Waals surface area contributed by atoms with Crippen molar-refractivity contribution in [3.8, 4) is 0 Å². The molecule has 2 aromatic rings. The lowest BCUT2D eigenvalue weighted by Gasteiger charge is -2.20. The van der Waals surface area contributed by atoms with Gasteiger partial charge in [-0.3, -0.25) is 14.6 Å². The number of ketones is 1. The number of aliphatic hydroxyl groups is 1. The van der Waals surface area contributed by atoms with Crippen molar-refractivity contribution in [1.82, 2.24) is 4.98 Å². The Morgan fingerprint density at radius 1 is 1.29 bits per heavy atom. The van der Waals surface area contributed by atoms with Crippen molar-refractivity contribution in [2.45, 2.75) is 12.0 Å². The van der Waals surface area contributed by atoms with Gasteiger partial charge in [0.2, 0.25) is 0 Å². The van der Waals surface area contributed by atoms with E-state index in [1.54, 1.807) is 12.1 Å². The zero-order chi connectivity index (χ0) is 15.0. The summed E-state index contributed by atoms with van der Waals surface area (Å²) in [5.74, 6) is -0.968. The fraction of sp³-hybridized carbons (Fsp3) is 0.133. The number of benzene rings is 1. The van der Waals surface area contributed by atoms with Gasteiger partial charge in [0.25, 0.3) is 5.91 Å². The summed E-state index contributed by atoms with van der Waals surface area (Å²) in [7, 11) is 0. The molecular formula is C15H11ClN2O3. The molecule has 0 bridgehead atoms. The maximum atomic E-state index is 12.2. The van der Waals surface area contributed by atoms with Crippen molar-refractivity contribution in [2.24, 2.45) is 0 Å². The van der Waals surface area contributed by atoms with E-state index in [4.69, 9.17) is 11.6 Å². The van der Waals surface area contributed by atoms with E-state index in [-0.39, 0.29) is 12.2 Å². The van der Waals surface area contributed by atoms with E-state index in [1.165, 1.54) is 30.6 Å². The van der Waals surface area contributed by atoms with Gasteiger partial charge in [0.05, 0.1) is 6.42 Å². The third-order valence-electron chi connectivity index (χ3n) is 3.47. The highest BCUT2D eigenvalue weighted by atomic mass is 35.5. The van der Waals surface area contributed by atoms with Crippen LogP contribution in [0.25, 0.3) is 0 Å². The van der Waals surface area contributed by atoms with Gasteiger partial charge < -0.3 is 10.4 Å². The van der Waals surface area contributed by atoms with Crippen molar-refractivity contribution in [3.63, 3.8) is 0 Å². The molecule has 3 rings (SSSR count). The molecule has 1 aliphatic rings. The first-order valence-electron chi connectivity index (χ1n) is 6.28. The van der Waals surface area contributed by atoms with Crippen LogP contribution in [0, 0.1) is 0 Å². The second kappa shape index (κ2) is 4.95. The number of anilines is 1. The summed E-state index contributed by atoms with van der Waals surface area (Å²) in [5, 5.41) is 13.6. The van der Waals surface area contributed by atoms with Gasteiger partial charge in [0.1, 0.15) is 0 Å². The molecule has 1 aromatic carbocycles. The fourth-order valence-corrected chi connectivity index (χ4v) is 2.54. The Hall–Kier alpha value is -2.24. The van der Waals surface area contributed by atoms with Crippen molar-refractivity contribution >= 4 is 29.0 Å². The molecule has 1 atom stereocenters. The molecule has 2 heterocycles. The van der Waals surface area contributed by atoms with E-state index in [0.29, 0.717) is 21.8 Å². The molecule has 0 spiro atoms. The second-order valence-corrected chi connectivity index (χ2v) is 5.28. The minimum Gasteiger partial charge on any atom is -0.375 e. The summed E-state index contributed by atoms with van der Waals surface area (Å²) in [5.41, 5.74) is -0.723. The van der Waals surface area contributed by atoms with Crippen molar-refractivity contribution in [3.05, 3.63) is 58.9 Å². The topological polar surface area (TPSA) is 79.3 Å². The van der Waals surface area contributed by atoms with Crippen LogP contribution in [-0.4, -0.2) is 21.8 Å². The molecule has 106 valence electrons. The van der Waals surface area contributed by atoms with Crippen LogP contribution < -0.4 is 5.32 Å². The summed E-state index contributed by atoms with van der Waals surface area (Å²) >= 11 is 5.91. The molecule has 5 nitrogen and oxygen atoms in total. The standard InChI is InChI=1S/C15H11ClN2O3/c16-10-1-2-12-11(7-10)15(21,14(20)18-12)8-13(19)9-3-5-17-6-4-9/h1-7,21H,8H2,(H,18,20). The summed E-state index contributed by atoms with van der Waals surface area (Å²) < 4.78 is 0. The first kappa shape index (κ1) is 13.7. The molecule has 2 N–H and O–H groups in total. The van der Waals surface area contributed by atoms with Crippen LogP contribution in [-0.2, 0) is 10.4 Å². The largest absolute Gasteiger partial charge is 0.375 e. The highest BCUT2D eigenvalue weighted by molar-refractivity contribution is 6.31. The molecule has 1 aliphatic heterocycles. The average molecular weight is 303 g/mol. The number of pyridine rings is 1. The van der Waals surface area contributed by atoms with Gasteiger partial charge in [-0.05, 0) is 30.3 Å². The Morgan fingerprint density at radius 2 is 2.00 bits per heavy atom. The normalized spacial score (nSPS) is 20.0. The first-order valence-corrected chi connectivity index (χ1v) is 6.65. The van der Waals surface area contributed by atoms with Crippen LogP contribution in [0.15, 0.2) is 42.7 Å². The zero-order valence-corrected chi connectivity index (χ0v) is 11.6. The van der Waals surface area contributed by atoms with E-state index >= 15 is 0 Å². The summed E-state index contributed by atoms with van der Waals surface area (Å²) in [6, 6.07) is 7.78. The van der Waals surface area contributed by atoms with Crippen LogP contribution in [0.1, 0.15) is 22.3 Å². The Bertz CT molecular complexity index is 733. The number of carbonyl (C=O) groups excluding carboxylic acids is 2. The number of amides is 1. The number of carbonyl (C=O) groups is 2. The van der Waals surface area contributed by atoms with E-state index < -0.39 is 11.5 Å². The highest BCUT2D eigenvalue weighted by Gasteiger charge is 2.46. The number of hydrogen-bond acceptors (Lipinski definition) is 4. The van der Waals surface area contributed by atoms with Crippen molar-refractivity contribution in [1.29, 1.82) is 0 Å². The summed E-state index contributed by atoms with van der Waals surface area (Å²) in [4.78, 5) is 28.1. The van der Waals surface area contributed by atoms with Gasteiger partial charge in [0, 0.05) is 34.2 Å². The van der Waals surface area contributed by atoms with Crippen LogP contribution >= 0.6 is 11.6 Å². The first-order chi connectivity index (χ1) is 10.0. The number of hydrogen-bond donors (Lipinski definition) is 2. The number of rotatable bonds is 3. The monoisotopic (exact) mass is 302 g/mol. The molecule has 1 aromatic heterocycles. The lowest BCUT2D eigenvalue weighted by Crippen LogP contribution is -2.36. The minimum absolute atomic E-state index is 0.322. The molecule has 0 aliphatic carbocycles. The Labute approximate surface area is 125 Å². The van der Waals surface area contributed by atoms with Gasteiger partial charge in [-0.1, -0.05) is 11.6 Å². The molecule has 0 saturated heterocycles. The number of nitrogens with one attached hydrogen (secondary N) is 1. The third kappa shape index (κ3) is 2.30. The second-order valence-electron chi connectivity index (χ2n) is 4.84. The molecule has 0 fully saturated rings. The van der Waals surface area contributed by atoms with Gasteiger partial charge in [-0.15, -0.1) is 0 Å². The maximum absolute atomic E-state index is 12.2. The fourth-order valence-electron chi connectivity index (χ4n) is 2.36. The van der Waals surface area contributed by atoms with Crippen LogP contribution in [0.5, 0.6) is 0 Å². The third-order valence-corrected chi connectivity index (χ3v) is 3.70. The molecule has 0 radical (unpaired) electrons. The molecule has 1 amide bonds. The molecule has 6 heteroatoms. The van der Waals surface area contributed by atoms with Crippen molar-refractivity contribution in [2.75, 3.05) is 5.32 Å². The lowest BCUT2D eigenvalue weighted by molar-refractivity contribution is -0.133. The van der Waals surface area contributed by atoms with Gasteiger partial charge in [-0.2, -0.15) is 0 Å². The summed E-state index contributed by atoms with van der Waals surface area (Å²) in [6.45, 7) is 0. The van der Waals surface area contributed by atoms with E-state index in [0.717, 1.165) is 0 Å². The predicted molar refractivity (Wildman–Crippen MR) is 77.2 cm³/mol. The van der Waals surface area contributed by atoms with Crippen LogP contribution in [0.3, 0.4) is 0 Å². The maximum Gasteiger partial charge on any atom is 0.261 e. The lowest BCUT2D eigenvalue weighted by atomic mass is 9.88. The van der Waals surface area contributed by atoms with E-state index in [2.05, 4.69) is 10.3 Å². The highest BCUT2D eigenvalue weighted by Crippen LogP contribution is 2.40. The minimum atomic E-state index is -1.90.